The van der Waals surface area contributed by atoms with Gasteiger partial charge in [0.2, 0.25) is 5.91 Å². The highest BCUT2D eigenvalue weighted by atomic mass is 19.1. The number of aromatic nitrogens is 1. The number of anilines is 1. The molecule has 0 atom stereocenters. The van der Waals surface area contributed by atoms with Gasteiger partial charge in [0, 0.05) is 12.0 Å². The molecule has 0 aliphatic rings. The highest BCUT2D eigenvalue weighted by Gasteiger charge is 2.11. The molecule has 0 radical (unpaired) electrons. The van der Waals surface area contributed by atoms with Gasteiger partial charge in [0.1, 0.15) is 18.5 Å². The van der Waals surface area contributed by atoms with Gasteiger partial charge in [-0.15, -0.1) is 0 Å². The van der Waals surface area contributed by atoms with Crippen LogP contribution in [-0.4, -0.2) is 23.5 Å². The number of hydrogen-bond donors (Lipinski definition) is 1. The number of rotatable bonds is 8. The highest BCUT2D eigenvalue weighted by molar-refractivity contribution is 5.92. The van der Waals surface area contributed by atoms with Crippen LogP contribution in [0.25, 0.3) is 11.3 Å². The summed E-state index contributed by atoms with van der Waals surface area (Å²) in [5, 5.41) is 11.6. The van der Waals surface area contributed by atoms with Crippen LogP contribution in [0.3, 0.4) is 0 Å². The number of ether oxygens (including phenoxy) is 1. The van der Waals surface area contributed by atoms with E-state index < -0.39 is 5.97 Å². The summed E-state index contributed by atoms with van der Waals surface area (Å²) in [6.45, 7) is -0.0776. The van der Waals surface area contributed by atoms with Crippen molar-refractivity contribution in [2.45, 2.75) is 19.3 Å². The Labute approximate surface area is 172 Å². The molecule has 1 amide bonds. The molecule has 0 saturated carbocycles. The Morgan fingerprint density at radius 1 is 1.13 bits per heavy atom. The molecule has 0 unspecified atom stereocenters. The van der Waals surface area contributed by atoms with Crippen LogP contribution < -0.4 is 5.32 Å². The van der Waals surface area contributed by atoms with Crippen LogP contribution in [0.1, 0.15) is 24.3 Å². The minimum absolute atomic E-state index is 0.0286. The van der Waals surface area contributed by atoms with E-state index >= 15 is 0 Å². The number of oxazole rings is 1. The Kier molecular flexibility index (Phi) is 6.90. The molecule has 3 aromatic rings. The second-order valence-corrected chi connectivity index (χ2v) is 6.30. The van der Waals surface area contributed by atoms with Crippen LogP contribution in [0, 0.1) is 17.1 Å². The average molecular weight is 407 g/mol. The molecule has 3 rings (SSSR count). The van der Waals surface area contributed by atoms with Gasteiger partial charge < -0.3 is 14.5 Å². The van der Waals surface area contributed by atoms with E-state index in [0.29, 0.717) is 28.5 Å². The van der Waals surface area contributed by atoms with Gasteiger partial charge in [-0.25, -0.2) is 9.37 Å². The summed E-state index contributed by atoms with van der Waals surface area (Å²) < 4.78 is 23.6. The molecule has 1 aromatic heterocycles. The van der Waals surface area contributed by atoms with Gasteiger partial charge in [0.15, 0.2) is 11.7 Å². The van der Waals surface area contributed by atoms with Crippen molar-refractivity contribution in [3.63, 3.8) is 0 Å². The molecule has 0 aliphatic heterocycles. The molecule has 8 heteroatoms. The first-order valence-corrected chi connectivity index (χ1v) is 9.20. The van der Waals surface area contributed by atoms with E-state index in [0.717, 1.165) is 0 Å². The number of aryl methyl sites for hydroxylation is 1. The minimum Gasteiger partial charge on any atom is -0.465 e. The van der Waals surface area contributed by atoms with E-state index in [1.165, 1.54) is 18.3 Å². The van der Waals surface area contributed by atoms with E-state index in [-0.39, 0.29) is 37.6 Å². The average Bonchev–Trinajstić information content (AvgIpc) is 3.22. The van der Waals surface area contributed by atoms with Gasteiger partial charge in [-0.2, -0.15) is 5.26 Å². The third-order valence-electron chi connectivity index (χ3n) is 4.14. The third kappa shape index (κ3) is 5.75. The van der Waals surface area contributed by atoms with Gasteiger partial charge in [-0.3, -0.25) is 9.59 Å². The first-order valence-electron chi connectivity index (χ1n) is 9.20. The standard InChI is InChI=1S/C22H18FN3O4/c23-17-7-5-15(6-8-17)19-14-25-21(30-19)9-10-22(28)29-12-11-20(27)26-18-4-2-1-3-16(18)13-24/h1-8,14H,9-12H2,(H,26,27). The Balaban J connectivity index is 1.39. The van der Waals surface area contributed by atoms with E-state index in [1.807, 2.05) is 6.07 Å². The van der Waals surface area contributed by atoms with Gasteiger partial charge in [-0.05, 0) is 36.4 Å². The number of nitrogens with zero attached hydrogens (tertiary/aromatic N) is 2. The number of amides is 1. The van der Waals surface area contributed by atoms with Gasteiger partial charge >= 0.3 is 5.97 Å². The number of nitriles is 1. The van der Waals surface area contributed by atoms with Crippen LogP contribution in [0.5, 0.6) is 0 Å². The number of benzene rings is 2. The van der Waals surface area contributed by atoms with Crippen LogP contribution in [-0.2, 0) is 20.7 Å². The normalized spacial score (nSPS) is 10.3. The SMILES string of the molecule is N#Cc1ccccc1NC(=O)CCOC(=O)CCc1ncc(-c2ccc(F)cc2)o1. The number of nitrogens with one attached hydrogen (secondary N) is 1. The third-order valence-corrected chi connectivity index (χ3v) is 4.14. The second-order valence-electron chi connectivity index (χ2n) is 6.30. The lowest BCUT2D eigenvalue weighted by molar-refractivity contribution is -0.144. The van der Waals surface area contributed by atoms with Crippen molar-refractivity contribution in [2.75, 3.05) is 11.9 Å². The summed E-state index contributed by atoms with van der Waals surface area (Å²) in [5.41, 5.74) is 1.45. The number of esters is 1. The first kappa shape index (κ1) is 20.7. The maximum atomic E-state index is 13.0. The zero-order valence-electron chi connectivity index (χ0n) is 15.9. The number of hydrogen-bond acceptors (Lipinski definition) is 6. The maximum absolute atomic E-state index is 13.0. The van der Waals surface area contributed by atoms with E-state index in [4.69, 9.17) is 14.4 Å². The zero-order valence-corrected chi connectivity index (χ0v) is 15.9. The number of halogens is 1. The molecule has 7 nitrogen and oxygen atoms in total. The molecule has 152 valence electrons. The maximum Gasteiger partial charge on any atom is 0.306 e. The predicted molar refractivity (Wildman–Crippen MR) is 106 cm³/mol. The van der Waals surface area contributed by atoms with Crippen molar-refractivity contribution in [3.8, 4) is 17.4 Å². The lowest BCUT2D eigenvalue weighted by atomic mass is 10.2. The summed E-state index contributed by atoms with van der Waals surface area (Å²) in [4.78, 5) is 27.9. The van der Waals surface area contributed by atoms with Crippen molar-refractivity contribution in [3.05, 3.63) is 72.0 Å². The van der Waals surface area contributed by atoms with E-state index in [2.05, 4.69) is 10.3 Å². The monoisotopic (exact) mass is 407 g/mol. The molecular weight excluding hydrogens is 389 g/mol. The molecule has 2 aromatic carbocycles. The van der Waals surface area contributed by atoms with Gasteiger partial charge in [-0.1, -0.05) is 12.1 Å². The summed E-state index contributed by atoms with van der Waals surface area (Å²) >= 11 is 0. The predicted octanol–water partition coefficient (Wildman–Crippen LogP) is 3.86. The Hall–Kier alpha value is -3.99. The van der Waals surface area contributed by atoms with Crippen molar-refractivity contribution in [1.29, 1.82) is 5.26 Å². The molecule has 0 spiro atoms. The van der Waals surface area contributed by atoms with Crippen molar-refractivity contribution < 1.29 is 23.1 Å². The topological polar surface area (TPSA) is 105 Å². The van der Waals surface area contributed by atoms with Crippen LogP contribution in [0.2, 0.25) is 0 Å². The molecular formula is C22H18FN3O4. The fourth-order valence-electron chi connectivity index (χ4n) is 2.61. The second kappa shape index (κ2) is 9.98. The molecule has 0 fully saturated rings. The smallest absolute Gasteiger partial charge is 0.306 e. The summed E-state index contributed by atoms with van der Waals surface area (Å²) in [5.74, 6) is -0.349. The Morgan fingerprint density at radius 3 is 2.67 bits per heavy atom. The van der Waals surface area contributed by atoms with Crippen molar-refractivity contribution in [2.24, 2.45) is 0 Å². The summed E-state index contributed by atoms with van der Waals surface area (Å²) in [6.07, 6.45) is 1.76. The quantitative estimate of drug-likeness (QED) is 0.569. The van der Waals surface area contributed by atoms with Gasteiger partial charge in [0.25, 0.3) is 0 Å². The molecule has 0 saturated heterocycles. The fraction of sp³-hybridized carbons (Fsp3) is 0.182. The lowest BCUT2D eigenvalue weighted by Gasteiger charge is -2.07. The lowest BCUT2D eigenvalue weighted by Crippen LogP contribution is -2.16. The van der Waals surface area contributed by atoms with Crippen LogP contribution in [0.4, 0.5) is 10.1 Å². The van der Waals surface area contributed by atoms with Gasteiger partial charge in [0.05, 0.1) is 30.3 Å². The highest BCUT2D eigenvalue weighted by Crippen LogP contribution is 2.21. The fourth-order valence-corrected chi connectivity index (χ4v) is 2.61. The van der Waals surface area contributed by atoms with Crippen molar-refractivity contribution >= 4 is 17.6 Å². The number of carbonyl (C=O) groups is 2. The molecule has 1 N–H and O–H groups in total. The first-order chi connectivity index (χ1) is 14.5. The molecule has 30 heavy (non-hydrogen) atoms. The molecule has 0 aliphatic carbocycles. The van der Waals surface area contributed by atoms with E-state index in [1.54, 1.807) is 36.4 Å². The molecule has 0 bridgehead atoms. The zero-order chi connectivity index (χ0) is 21.3. The largest absolute Gasteiger partial charge is 0.465 e. The van der Waals surface area contributed by atoms with Crippen molar-refractivity contribution in [1.82, 2.24) is 4.98 Å². The summed E-state index contributed by atoms with van der Waals surface area (Å²) in [6, 6.07) is 14.4. The number of carbonyl (C=O) groups excluding carboxylic acids is 2. The van der Waals surface area contributed by atoms with E-state index in [9.17, 15) is 14.0 Å². The van der Waals surface area contributed by atoms with Crippen LogP contribution >= 0.6 is 0 Å². The Morgan fingerprint density at radius 2 is 1.90 bits per heavy atom. The molecule has 1 heterocycles. The number of para-hydroxylation sites is 1. The summed E-state index contributed by atoms with van der Waals surface area (Å²) in [7, 11) is 0. The Bertz CT molecular complexity index is 1070. The van der Waals surface area contributed by atoms with Crippen LogP contribution in [0.15, 0.2) is 59.1 Å². The minimum atomic E-state index is -0.484.